The molecule has 0 aliphatic carbocycles. The number of pyridine rings is 1. The van der Waals surface area contributed by atoms with Gasteiger partial charge in [0, 0.05) is 24.2 Å². The fraction of sp³-hybridized carbons (Fsp3) is 0.375. The van der Waals surface area contributed by atoms with E-state index in [1.807, 2.05) is 0 Å². The van der Waals surface area contributed by atoms with Gasteiger partial charge in [0.2, 0.25) is 0 Å². The maximum Gasteiger partial charge on any atom is 0.417 e. The Hall–Kier alpha value is -1.69. The lowest BCUT2D eigenvalue weighted by Gasteiger charge is -2.17. The van der Waals surface area contributed by atoms with Crippen LogP contribution >= 0.6 is 22.9 Å². The van der Waals surface area contributed by atoms with E-state index in [0.717, 1.165) is 23.6 Å². The number of hydrogen-bond donors (Lipinski definition) is 1. The van der Waals surface area contributed by atoms with Gasteiger partial charge in [-0.05, 0) is 18.2 Å². The van der Waals surface area contributed by atoms with Crippen molar-refractivity contribution in [2.45, 2.75) is 30.2 Å². The molecule has 0 radical (unpaired) electrons. The number of sulfonamides is 1. The number of alkyl halides is 3. The van der Waals surface area contributed by atoms with Crippen molar-refractivity contribution in [3.63, 3.8) is 0 Å². The molecule has 0 saturated carbocycles. The quantitative estimate of drug-likeness (QED) is 0.380. The van der Waals surface area contributed by atoms with Crippen molar-refractivity contribution in [2.75, 3.05) is 13.1 Å². The van der Waals surface area contributed by atoms with Crippen molar-refractivity contribution in [2.24, 2.45) is 5.16 Å². The fourth-order valence-electron chi connectivity index (χ4n) is 2.51. The zero-order valence-electron chi connectivity index (χ0n) is 14.8. The lowest BCUT2D eigenvalue weighted by Crippen LogP contribution is -2.29. The molecule has 1 unspecified atom stereocenters. The molecular weight excluding hydrogens is 439 g/mol. The molecule has 0 aliphatic heterocycles. The van der Waals surface area contributed by atoms with Crippen LogP contribution in [0.4, 0.5) is 13.2 Å². The van der Waals surface area contributed by atoms with Crippen LogP contribution in [-0.4, -0.2) is 42.2 Å². The molecule has 1 atom stereocenters. The third-order valence-electron chi connectivity index (χ3n) is 3.92. The Bertz CT molecular complexity index is 958. The number of nitrogens with zero attached hydrogens (tertiary/aromatic N) is 3. The molecule has 28 heavy (non-hydrogen) atoms. The van der Waals surface area contributed by atoms with Crippen LogP contribution in [0.2, 0.25) is 5.02 Å². The SMILES string of the molecule is CCN(CC)S(=O)(=O)c1ccc(C(C=NO)c2ncc(C(F)(F)F)cc2Cl)s1. The summed E-state index contributed by atoms with van der Waals surface area (Å²) in [5, 5.41) is 11.6. The normalized spacial score (nSPS) is 14.1. The van der Waals surface area contributed by atoms with E-state index >= 15 is 0 Å². The predicted octanol–water partition coefficient (Wildman–Crippen LogP) is 4.44. The van der Waals surface area contributed by atoms with Gasteiger partial charge in [-0.3, -0.25) is 4.98 Å². The van der Waals surface area contributed by atoms with Crippen LogP contribution in [-0.2, 0) is 16.2 Å². The summed E-state index contributed by atoms with van der Waals surface area (Å²) in [6, 6.07) is 3.61. The second-order valence-electron chi connectivity index (χ2n) is 5.58. The Kier molecular flexibility index (Phi) is 7.07. The lowest BCUT2D eigenvalue weighted by atomic mass is 10.0. The molecule has 1 N–H and O–H groups in total. The van der Waals surface area contributed by atoms with Crippen molar-refractivity contribution in [1.29, 1.82) is 0 Å². The van der Waals surface area contributed by atoms with Gasteiger partial charge in [-0.15, -0.1) is 16.5 Å². The van der Waals surface area contributed by atoms with Crippen molar-refractivity contribution in [3.05, 3.63) is 45.6 Å². The number of aromatic nitrogens is 1. The van der Waals surface area contributed by atoms with Crippen molar-refractivity contribution in [3.8, 4) is 0 Å². The Morgan fingerprint density at radius 1 is 1.36 bits per heavy atom. The van der Waals surface area contributed by atoms with Gasteiger partial charge >= 0.3 is 6.18 Å². The van der Waals surface area contributed by atoms with Gasteiger partial charge in [-0.25, -0.2) is 8.42 Å². The molecule has 0 spiro atoms. The number of oxime groups is 1. The highest BCUT2D eigenvalue weighted by molar-refractivity contribution is 7.91. The monoisotopic (exact) mass is 455 g/mol. The molecule has 0 aromatic carbocycles. The largest absolute Gasteiger partial charge is 0.417 e. The molecule has 0 saturated heterocycles. The van der Waals surface area contributed by atoms with Gasteiger partial charge < -0.3 is 5.21 Å². The second-order valence-corrected chi connectivity index (χ2v) is 9.26. The van der Waals surface area contributed by atoms with Crippen LogP contribution in [0.1, 0.15) is 35.9 Å². The van der Waals surface area contributed by atoms with E-state index < -0.39 is 27.7 Å². The van der Waals surface area contributed by atoms with Gasteiger partial charge in [0.25, 0.3) is 10.0 Å². The first-order chi connectivity index (χ1) is 13.1. The maximum absolute atomic E-state index is 12.8. The zero-order chi connectivity index (χ0) is 21.1. The van der Waals surface area contributed by atoms with Crippen LogP contribution < -0.4 is 0 Å². The first-order valence-corrected chi connectivity index (χ1v) is 10.7. The van der Waals surface area contributed by atoms with Crippen LogP contribution in [0.15, 0.2) is 33.8 Å². The molecule has 2 heterocycles. The summed E-state index contributed by atoms with van der Waals surface area (Å²) >= 11 is 6.89. The number of thiophene rings is 1. The minimum Gasteiger partial charge on any atom is -0.411 e. The molecule has 0 fully saturated rings. The molecule has 2 rings (SSSR count). The van der Waals surface area contributed by atoms with Gasteiger partial charge in [0.15, 0.2) is 0 Å². The fourth-order valence-corrected chi connectivity index (χ4v) is 5.80. The number of rotatable bonds is 7. The van der Waals surface area contributed by atoms with Crippen LogP contribution in [0, 0.1) is 0 Å². The average molecular weight is 456 g/mol. The highest BCUT2D eigenvalue weighted by Crippen LogP contribution is 2.37. The third-order valence-corrected chi connectivity index (χ3v) is 7.90. The summed E-state index contributed by atoms with van der Waals surface area (Å²) in [4.78, 5) is 4.17. The Labute approximate surface area is 169 Å². The summed E-state index contributed by atoms with van der Waals surface area (Å²) in [7, 11) is -3.70. The molecule has 154 valence electrons. The van der Waals surface area contributed by atoms with Crippen molar-refractivity contribution >= 4 is 39.2 Å². The first-order valence-electron chi connectivity index (χ1n) is 8.06. The minimum atomic E-state index is -4.61. The van der Waals surface area contributed by atoms with Gasteiger partial charge in [-0.1, -0.05) is 25.4 Å². The van der Waals surface area contributed by atoms with Gasteiger partial charge in [-0.2, -0.15) is 17.5 Å². The molecule has 0 amide bonds. The van der Waals surface area contributed by atoms with Crippen LogP contribution in [0.25, 0.3) is 0 Å². The second kappa shape index (κ2) is 8.76. The average Bonchev–Trinajstić information content (AvgIpc) is 3.10. The summed E-state index contributed by atoms with van der Waals surface area (Å²) in [6.45, 7) is 4.01. The summed E-state index contributed by atoms with van der Waals surface area (Å²) in [6.07, 6.45) is -2.95. The molecular formula is C16H17ClF3N3O3S2. The third kappa shape index (κ3) is 4.65. The van der Waals surface area contributed by atoms with Crippen molar-refractivity contribution < 1.29 is 26.8 Å². The predicted molar refractivity (Wildman–Crippen MR) is 101 cm³/mol. The summed E-state index contributed by atoms with van der Waals surface area (Å²) < 4.78 is 65.1. The van der Waals surface area contributed by atoms with E-state index in [-0.39, 0.29) is 14.9 Å². The lowest BCUT2D eigenvalue weighted by molar-refractivity contribution is -0.137. The standard InChI is InChI=1S/C16H17ClF3N3O3S2/c1-3-23(4-2)28(25,26)14-6-5-13(27-14)11(9-22-24)15-12(17)7-10(8-21-15)16(18,19)20/h5-9,11,24H,3-4H2,1-2H3. The Morgan fingerprint density at radius 2 is 2.00 bits per heavy atom. The molecule has 6 nitrogen and oxygen atoms in total. The Balaban J connectivity index is 2.48. The molecule has 0 aliphatic rings. The Morgan fingerprint density at radius 3 is 2.50 bits per heavy atom. The summed E-state index contributed by atoms with van der Waals surface area (Å²) in [5.41, 5.74) is -1.00. The molecule has 2 aromatic rings. The van der Waals surface area contributed by atoms with E-state index in [0.29, 0.717) is 24.2 Å². The highest BCUT2D eigenvalue weighted by atomic mass is 35.5. The maximum atomic E-state index is 12.8. The van der Waals surface area contributed by atoms with Gasteiger partial charge in [0.1, 0.15) is 4.21 Å². The summed E-state index contributed by atoms with van der Waals surface area (Å²) in [5.74, 6) is -0.912. The first kappa shape index (κ1) is 22.6. The van der Waals surface area contributed by atoms with Crippen LogP contribution in [0.3, 0.4) is 0 Å². The van der Waals surface area contributed by atoms with Gasteiger partial charge in [0.05, 0.1) is 28.4 Å². The van der Waals surface area contributed by atoms with Crippen molar-refractivity contribution in [1.82, 2.24) is 9.29 Å². The minimum absolute atomic E-state index is 0.0149. The highest BCUT2D eigenvalue weighted by Gasteiger charge is 2.33. The van der Waals surface area contributed by atoms with E-state index in [1.165, 1.54) is 16.4 Å². The van der Waals surface area contributed by atoms with E-state index in [2.05, 4.69) is 10.1 Å². The number of halogens is 4. The zero-order valence-corrected chi connectivity index (χ0v) is 17.2. The smallest absolute Gasteiger partial charge is 0.411 e. The number of hydrogen-bond acceptors (Lipinski definition) is 6. The van der Waals surface area contributed by atoms with E-state index in [4.69, 9.17) is 16.8 Å². The molecule has 12 heteroatoms. The molecule has 0 bridgehead atoms. The van der Waals surface area contributed by atoms with Crippen LogP contribution in [0.5, 0.6) is 0 Å². The van der Waals surface area contributed by atoms with E-state index in [1.54, 1.807) is 13.8 Å². The topological polar surface area (TPSA) is 82.9 Å². The molecule has 2 aromatic heterocycles. The van der Waals surface area contributed by atoms with E-state index in [9.17, 15) is 21.6 Å².